The molecule has 0 aliphatic carbocycles. The predicted molar refractivity (Wildman–Crippen MR) is 500 cm³/mol. The summed E-state index contributed by atoms with van der Waals surface area (Å²) in [5.74, 6) is -8.63. The minimum atomic E-state index is -0.819. The molecule has 5 aliphatic heterocycles. The smallest absolute Gasteiger partial charge is 0.267 e. The van der Waals surface area contributed by atoms with Crippen molar-refractivity contribution in [2.75, 3.05) is 11.5 Å². The Kier molecular flexibility index (Phi) is 26.9. The van der Waals surface area contributed by atoms with Crippen LogP contribution in [0.15, 0.2) is 189 Å². The Bertz CT molecular complexity index is 7460. The molecule has 708 valence electrons. The number of hydrogen-bond acceptors (Lipinski definition) is 22. The number of carbonyl (C=O) groups is 5. The van der Waals surface area contributed by atoms with E-state index >= 15 is 0 Å². The summed E-state index contributed by atoms with van der Waals surface area (Å²) in [6.07, 6.45) is 18.1. The van der Waals surface area contributed by atoms with Gasteiger partial charge in [0.05, 0.1) is 33.8 Å². The number of nitrogens with zero attached hydrogens (tertiary/aromatic N) is 10. The molecule has 32 nitrogen and oxygen atoms in total. The van der Waals surface area contributed by atoms with Gasteiger partial charge in [0.2, 0.25) is 0 Å². The average molecular weight is 1880 g/mol. The molecule has 20 rings (SSSR count). The molecule has 10 aromatic heterocycles. The molecule has 0 spiro atoms. The summed E-state index contributed by atoms with van der Waals surface area (Å²) in [5.41, 5.74) is 15.1. The SMILES string of the molecule is C[C@@H]1CCc2cc(F)cc3c(O)c(C(=O)NCc4ccc(N)nc4)c(=O)n1c23.C[C@@H]1CCc2cc(F)cc3c(O)c(C(=O)NCc4cccnc4)c(=O)n1c23.C[C@H]1CCc2cc(F)cc3c(O)c(C(=O)NCc4ccc(N)nc4)c(=O)n1c23.C[C@H]1CCc2cc(F)cc3c(O)c(C(=O)NCc4cccnc4)c(=O)n1c23.C[C@H]1CCc2cc(F)cc3c(O)c(C(=O)NCc4cncc(F)c4)c(=O)n1c23. The number of nitrogens with one attached hydrogen (secondary N) is 5. The van der Waals surface area contributed by atoms with Gasteiger partial charge in [-0.2, -0.15) is 0 Å². The molecule has 5 aromatic carbocycles. The lowest BCUT2D eigenvalue weighted by atomic mass is 9.95. The molecule has 15 heterocycles. The minimum Gasteiger partial charge on any atom is -0.506 e. The van der Waals surface area contributed by atoms with E-state index in [2.05, 4.69) is 51.5 Å². The summed E-state index contributed by atoms with van der Waals surface area (Å²) in [5, 5.41) is 66.9. The van der Waals surface area contributed by atoms with Gasteiger partial charge >= 0.3 is 0 Å². The molecule has 0 saturated heterocycles. The Morgan fingerprint density at radius 2 is 0.543 bits per heavy atom. The fourth-order valence-electron chi connectivity index (χ4n) is 18.4. The van der Waals surface area contributed by atoms with Crippen molar-refractivity contribution in [1.82, 2.24) is 74.3 Å². The number of benzene rings is 5. The summed E-state index contributed by atoms with van der Waals surface area (Å²) in [6, 6.07) is 26.6. The maximum atomic E-state index is 14.0. The summed E-state index contributed by atoms with van der Waals surface area (Å²) in [7, 11) is 0. The van der Waals surface area contributed by atoms with Gasteiger partial charge in [-0.3, -0.25) is 62.9 Å². The van der Waals surface area contributed by atoms with Crippen LogP contribution in [0.1, 0.15) is 204 Å². The fraction of sp³-hybridized carbons (Fsp3) is 0.250. The van der Waals surface area contributed by atoms with Crippen LogP contribution in [-0.2, 0) is 64.8 Å². The Morgan fingerprint density at radius 3 is 0.761 bits per heavy atom. The minimum absolute atomic E-state index is 0.0789. The first-order valence-electron chi connectivity index (χ1n) is 44.2. The molecule has 0 radical (unpaired) electrons. The highest BCUT2D eigenvalue weighted by Crippen LogP contribution is 2.43. The van der Waals surface area contributed by atoms with Crippen LogP contribution >= 0.6 is 0 Å². The van der Waals surface area contributed by atoms with Gasteiger partial charge in [-0.15, -0.1) is 0 Å². The number of anilines is 2. The van der Waals surface area contributed by atoms with E-state index in [0.717, 1.165) is 35.5 Å². The number of aryl methyl sites for hydroxylation is 5. The van der Waals surface area contributed by atoms with Crippen LogP contribution in [0.4, 0.5) is 38.0 Å². The van der Waals surface area contributed by atoms with Gasteiger partial charge in [-0.1, -0.05) is 24.3 Å². The highest BCUT2D eigenvalue weighted by molar-refractivity contribution is 6.07. The monoisotopic (exact) mass is 1880 g/mol. The van der Waals surface area contributed by atoms with Crippen LogP contribution in [0.5, 0.6) is 28.7 Å². The predicted octanol–water partition coefficient (Wildman–Crippen LogP) is 12.7. The number of pyridine rings is 10. The molecule has 5 atom stereocenters. The van der Waals surface area contributed by atoms with E-state index in [1.165, 1.54) is 90.0 Å². The highest BCUT2D eigenvalue weighted by atomic mass is 19.1. The molecule has 138 heavy (non-hydrogen) atoms. The van der Waals surface area contributed by atoms with E-state index in [-0.39, 0.29) is 112 Å². The van der Waals surface area contributed by atoms with Crippen molar-refractivity contribution < 1.29 is 75.8 Å². The van der Waals surface area contributed by atoms with Gasteiger partial charge in [0.1, 0.15) is 103 Å². The quantitative estimate of drug-likeness (QED) is 0.0424. The van der Waals surface area contributed by atoms with E-state index in [9.17, 15) is 99.8 Å². The van der Waals surface area contributed by atoms with Crippen molar-refractivity contribution in [1.29, 1.82) is 0 Å². The number of hydrogen-bond donors (Lipinski definition) is 12. The average Bonchev–Trinajstić information content (AvgIpc) is 0.752. The molecule has 0 saturated carbocycles. The summed E-state index contributed by atoms with van der Waals surface area (Å²) in [6.45, 7) is 9.77. The largest absolute Gasteiger partial charge is 0.506 e. The third-order valence-electron chi connectivity index (χ3n) is 25.3. The van der Waals surface area contributed by atoms with Crippen molar-refractivity contribution in [3.8, 4) is 28.7 Å². The lowest BCUT2D eigenvalue weighted by Gasteiger charge is -2.26. The van der Waals surface area contributed by atoms with E-state index in [4.69, 9.17) is 11.5 Å². The van der Waals surface area contributed by atoms with Crippen molar-refractivity contribution in [3.63, 3.8) is 0 Å². The van der Waals surface area contributed by atoms with Crippen LogP contribution in [0.3, 0.4) is 0 Å². The lowest BCUT2D eigenvalue weighted by Crippen LogP contribution is -2.36. The maximum absolute atomic E-state index is 14.0. The second-order valence-corrected chi connectivity index (χ2v) is 34.6. The van der Waals surface area contributed by atoms with Crippen molar-refractivity contribution in [2.24, 2.45) is 0 Å². The van der Waals surface area contributed by atoms with E-state index in [1.807, 2.05) is 34.6 Å². The first-order chi connectivity index (χ1) is 66.0. The van der Waals surface area contributed by atoms with Crippen LogP contribution in [0.25, 0.3) is 54.5 Å². The Balaban J connectivity index is 0.000000125. The fourth-order valence-corrected chi connectivity index (χ4v) is 18.4. The molecule has 5 aliphatic rings. The number of nitrogens with two attached hydrogens (primary N) is 2. The third-order valence-corrected chi connectivity index (χ3v) is 25.3. The Labute approximate surface area is 779 Å². The number of amides is 5. The van der Waals surface area contributed by atoms with Crippen molar-refractivity contribution >= 4 is 95.7 Å². The number of carbonyl (C=O) groups excluding carboxylic acids is 5. The third kappa shape index (κ3) is 18.7. The van der Waals surface area contributed by atoms with Crippen LogP contribution in [0, 0.1) is 34.9 Å². The molecule has 14 N–H and O–H groups in total. The molecule has 38 heteroatoms. The molecular formula is C100H91F6N17O15. The zero-order valence-corrected chi connectivity index (χ0v) is 74.8. The van der Waals surface area contributed by atoms with Crippen LogP contribution < -0.4 is 65.8 Å². The van der Waals surface area contributed by atoms with Gasteiger partial charge in [0.25, 0.3) is 57.3 Å². The zero-order chi connectivity index (χ0) is 98.3. The van der Waals surface area contributed by atoms with Gasteiger partial charge in [0, 0.05) is 133 Å². The Morgan fingerprint density at radius 1 is 0.312 bits per heavy atom. The molecule has 0 fully saturated rings. The molecule has 5 amide bonds. The van der Waals surface area contributed by atoms with Crippen LogP contribution in [-0.4, -0.2) is 103 Å². The summed E-state index contributed by atoms with van der Waals surface area (Å²) in [4.78, 5) is 148. The molecular weight excluding hydrogens is 1790 g/mol. The van der Waals surface area contributed by atoms with Crippen molar-refractivity contribution in [2.45, 2.75) is 162 Å². The second-order valence-electron chi connectivity index (χ2n) is 34.6. The zero-order valence-electron chi connectivity index (χ0n) is 74.8. The second kappa shape index (κ2) is 39.2. The van der Waals surface area contributed by atoms with Gasteiger partial charge < -0.3 is 86.4 Å². The molecule has 0 unspecified atom stereocenters. The Hall–Kier alpha value is -16.6. The first-order valence-corrected chi connectivity index (χ1v) is 44.2. The summed E-state index contributed by atoms with van der Waals surface area (Å²) >= 11 is 0. The van der Waals surface area contributed by atoms with E-state index in [1.54, 1.807) is 73.3 Å². The first kappa shape index (κ1) is 94.6. The normalized spacial score (nSPS) is 15.6. The van der Waals surface area contributed by atoms with E-state index in [0.29, 0.717) is 148 Å². The number of halogens is 6. The summed E-state index contributed by atoms with van der Waals surface area (Å²) < 4.78 is 90.7. The topological polar surface area (TPSA) is 473 Å². The number of nitrogen functional groups attached to an aromatic ring is 2. The maximum Gasteiger partial charge on any atom is 0.267 e. The van der Waals surface area contributed by atoms with E-state index < -0.39 is 127 Å². The number of rotatable bonds is 15. The highest BCUT2D eigenvalue weighted by Gasteiger charge is 2.36. The van der Waals surface area contributed by atoms with Gasteiger partial charge in [-0.25, -0.2) is 36.3 Å². The number of aromatic hydroxyl groups is 5. The van der Waals surface area contributed by atoms with Gasteiger partial charge in [-0.05, 0) is 245 Å². The standard InChI is InChI=1S/C20H17F2N3O3.2C20H19FN4O3.2C20H18FN3O3/c1-10-2-3-12-5-13(21)6-15-17(12)25(10)20(28)16(18(15)26)19(27)24-8-11-4-14(22)9-23-7-11;2*1-10-2-4-12-6-13(21)7-14-17(12)25(10)20(28)16(18(14)26)19(27)24-9-11-3-5-15(22)23-8-11;2*1-11-4-5-13-7-14(21)8-15-17(13)24(11)20(27)16(18(15)25)19(26)23-10-12-3-2-6-22-9-12/h4-7,9-10,26H,2-3,8H2,1H3,(H,24,27);2*3,5-8,10,26H,2,4,9H2,1H3,(H2,22,23)(H,24,27);2*2-3,6-9,11,25H,4-5,10H2,1H3,(H,23,26)/t3*10-;2*11-/m01010/s1. The van der Waals surface area contributed by atoms with Gasteiger partial charge in [0.15, 0.2) is 0 Å². The lowest BCUT2D eigenvalue weighted by molar-refractivity contribution is 0.0937. The molecule has 15 aromatic rings. The van der Waals surface area contributed by atoms with Crippen molar-refractivity contribution in [3.05, 3.63) is 335 Å². The van der Waals surface area contributed by atoms with Crippen LogP contribution in [0.2, 0.25) is 0 Å². The molecule has 0 bridgehead atoms. The number of aromatic nitrogens is 10.